The number of anilines is 6. The van der Waals surface area contributed by atoms with Gasteiger partial charge in [0, 0.05) is 33.8 Å². The maximum atomic E-state index is 2.43. The second-order valence-corrected chi connectivity index (χ2v) is 17.0. The molecule has 2 nitrogen and oxygen atoms in total. The summed E-state index contributed by atoms with van der Waals surface area (Å²) in [5.74, 6) is 0. The van der Waals surface area contributed by atoms with Crippen LogP contribution in [-0.4, -0.2) is 0 Å². The van der Waals surface area contributed by atoms with Gasteiger partial charge in [0.15, 0.2) is 0 Å². The molecule has 0 aliphatic rings. The van der Waals surface area contributed by atoms with Crippen molar-refractivity contribution in [3.05, 3.63) is 267 Å². The summed E-state index contributed by atoms with van der Waals surface area (Å²) < 4.78 is 0. The Morgan fingerprint density at radius 3 is 1.29 bits per heavy atom. The van der Waals surface area contributed by atoms with Gasteiger partial charge in [-0.15, -0.1) is 0 Å². The quantitative estimate of drug-likeness (QED) is 0.134. The van der Waals surface area contributed by atoms with E-state index in [-0.39, 0.29) is 0 Å². The summed E-state index contributed by atoms with van der Waals surface area (Å²) in [5, 5.41) is 9.75. The monoisotopic (exact) mass is 840 g/mol. The Labute approximate surface area is 385 Å². The van der Waals surface area contributed by atoms with Gasteiger partial charge in [-0.2, -0.15) is 0 Å². The molecular formula is C64H44N2. The van der Waals surface area contributed by atoms with Gasteiger partial charge in [0.05, 0.1) is 5.69 Å². The van der Waals surface area contributed by atoms with Crippen molar-refractivity contribution in [1.82, 2.24) is 0 Å². The molecule has 0 N–H and O–H groups in total. The minimum atomic E-state index is 1.07. The molecule has 0 spiro atoms. The van der Waals surface area contributed by atoms with Crippen molar-refractivity contribution in [1.29, 1.82) is 0 Å². The number of fused-ring (bicyclic) bond motifs is 5. The highest BCUT2D eigenvalue weighted by molar-refractivity contribution is 6.16. The SMILES string of the molecule is c1ccc(N(c2cccc(-c3ccc4ccccc4c3)c2)c2cc(N(c3ccccc3)c3ccc(-c4cccc(-c5ccc6ccccc6c5)c4)cc3)c3c(ccc4ccccc43)c2)cc1. The molecule has 0 unspecified atom stereocenters. The maximum absolute atomic E-state index is 2.43. The first-order valence-electron chi connectivity index (χ1n) is 22.7. The van der Waals surface area contributed by atoms with E-state index in [1.54, 1.807) is 0 Å². The number of hydrogen-bond acceptors (Lipinski definition) is 2. The molecule has 0 radical (unpaired) electrons. The smallest absolute Gasteiger partial charge is 0.0567 e. The molecule has 310 valence electrons. The molecular weight excluding hydrogens is 797 g/mol. The van der Waals surface area contributed by atoms with Crippen LogP contribution in [0.5, 0.6) is 0 Å². The van der Waals surface area contributed by atoms with Crippen molar-refractivity contribution < 1.29 is 0 Å². The van der Waals surface area contributed by atoms with Crippen LogP contribution in [0.2, 0.25) is 0 Å². The Hall–Kier alpha value is -8.72. The number of rotatable bonds is 9. The predicted molar refractivity (Wildman–Crippen MR) is 282 cm³/mol. The van der Waals surface area contributed by atoms with E-state index in [4.69, 9.17) is 0 Å². The molecule has 2 heteroatoms. The topological polar surface area (TPSA) is 6.48 Å². The van der Waals surface area contributed by atoms with E-state index < -0.39 is 0 Å². The molecule has 0 saturated carbocycles. The molecule has 0 heterocycles. The van der Waals surface area contributed by atoms with Gasteiger partial charge in [-0.05, 0) is 150 Å². The lowest BCUT2D eigenvalue weighted by Gasteiger charge is -2.31. The first-order chi connectivity index (χ1) is 32.7. The van der Waals surface area contributed by atoms with Crippen molar-refractivity contribution in [2.24, 2.45) is 0 Å². The van der Waals surface area contributed by atoms with E-state index in [2.05, 4.69) is 277 Å². The van der Waals surface area contributed by atoms with Crippen LogP contribution >= 0.6 is 0 Å². The number of para-hydroxylation sites is 2. The normalized spacial score (nSPS) is 11.3. The zero-order valence-corrected chi connectivity index (χ0v) is 36.3. The standard InChI is InChI=1S/C64H44N2/c1-3-23-57(24-4-1)65(60-27-14-22-53(42-60)55-33-30-46-16-8-10-19-50(46)41-55)61-43-56-34-31-48-17-11-12-28-62(48)64(56)63(44-61)66(58-25-5-2-6-26-58)59-37-35-47(36-38-59)51-20-13-21-52(39-51)54-32-29-45-15-7-9-18-49(45)40-54/h1-44H. The van der Waals surface area contributed by atoms with E-state index in [1.807, 2.05) is 0 Å². The Kier molecular flexibility index (Phi) is 9.89. The predicted octanol–water partition coefficient (Wildman–Crippen LogP) is 18.2. The molecule has 0 aliphatic carbocycles. The first-order valence-corrected chi connectivity index (χ1v) is 22.7. The van der Waals surface area contributed by atoms with Crippen LogP contribution in [0.4, 0.5) is 34.1 Å². The van der Waals surface area contributed by atoms with Gasteiger partial charge < -0.3 is 9.80 Å². The average molecular weight is 841 g/mol. The van der Waals surface area contributed by atoms with Crippen LogP contribution in [0.25, 0.3) is 76.5 Å². The maximum Gasteiger partial charge on any atom is 0.0567 e. The highest BCUT2D eigenvalue weighted by Gasteiger charge is 2.22. The van der Waals surface area contributed by atoms with Crippen LogP contribution in [0.15, 0.2) is 267 Å². The Bertz CT molecular complexity index is 3710. The van der Waals surface area contributed by atoms with Gasteiger partial charge >= 0.3 is 0 Å². The second kappa shape index (κ2) is 16.8. The van der Waals surface area contributed by atoms with Gasteiger partial charge in [0.2, 0.25) is 0 Å². The third-order valence-corrected chi connectivity index (χ3v) is 12.9. The van der Waals surface area contributed by atoms with Crippen molar-refractivity contribution in [3.63, 3.8) is 0 Å². The van der Waals surface area contributed by atoms with E-state index in [0.717, 1.165) is 39.5 Å². The molecule has 12 aromatic carbocycles. The fourth-order valence-corrected chi connectivity index (χ4v) is 9.69. The Morgan fingerprint density at radius 2 is 0.636 bits per heavy atom. The second-order valence-electron chi connectivity index (χ2n) is 17.0. The van der Waals surface area contributed by atoms with Crippen LogP contribution in [0.3, 0.4) is 0 Å². The fourth-order valence-electron chi connectivity index (χ4n) is 9.69. The molecule has 0 bridgehead atoms. The lowest BCUT2D eigenvalue weighted by atomic mass is 9.96. The first kappa shape index (κ1) is 38.9. The summed E-state index contributed by atoms with van der Waals surface area (Å²) in [7, 11) is 0. The summed E-state index contributed by atoms with van der Waals surface area (Å²) in [6, 6.07) is 97.1. The summed E-state index contributed by atoms with van der Waals surface area (Å²) in [6.07, 6.45) is 0. The Morgan fingerprint density at radius 1 is 0.197 bits per heavy atom. The zero-order chi connectivity index (χ0) is 43.8. The molecule has 0 aliphatic heterocycles. The molecule has 12 rings (SSSR count). The highest BCUT2D eigenvalue weighted by Crippen LogP contribution is 2.47. The summed E-state index contributed by atoms with van der Waals surface area (Å²) in [5.41, 5.74) is 13.6. The van der Waals surface area contributed by atoms with Crippen LogP contribution in [-0.2, 0) is 0 Å². The van der Waals surface area contributed by atoms with Gasteiger partial charge in [-0.1, -0.05) is 188 Å². The minimum absolute atomic E-state index is 1.07. The van der Waals surface area contributed by atoms with E-state index in [9.17, 15) is 0 Å². The molecule has 0 aromatic heterocycles. The van der Waals surface area contributed by atoms with Gasteiger partial charge in [0.1, 0.15) is 0 Å². The third-order valence-electron chi connectivity index (χ3n) is 12.9. The lowest BCUT2D eigenvalue weighted by molar-refractivity contribution is 1.26. The Balaban J connectivity index is 1.02. The molecule has 66 heavy (non-hydrogen) atoms. The summed E-state index contributed by atoms with van der Waals surface area (Å²) in [6.45, 7) is 0. The number of benzene rings is 12. The number of hydrogen-bond donors (Lipinski definition) is 0. The largest absolute Gasteiger partial charge is 0.310 e. The molecule has 0 atom stereocenters. The summed E-state index contributed by atoms with van der Waals surface area (Å²) in [4.78, 5) is 4.83. The van der Waals surface area contributed by atoms with Crippen LogP contribution < -0.4 is 9.80 Å². The number of nitrogens with zero attached hydrogens (tertiary/aromatic N) is 2. The summed E-state index contributed by atoms with van der Waals surface area (Å²) >= 11 is 0. The molecule has 0 fully saturated rings. The highest BCUT2D eigenvalue weighted by atomic mass is 15.2. The average Bonchev–Trinajstić information content (AvgIpc) is 3.39. The molecule has 0 amide bonds. The van der Waals surface area contributed by atoms with Gasteiger partial charge in [-0.3, -0.25) is 0 Å². The van der Waals surface area contributed by atoms with Crippen molar-refractivity contribution in [2.45, 2.75) is 0 Å². The van der Waals surface area contributed by atoms with Gasteiger partial charge in [-0.25, -0.2) is 0 Å². The van der Waals surface area contributed by atoms with Crippen LogP contribution in [0, 0.1) is 0 Å². The zero-order valence-electron chi connectivity index (χ0n) is 36.3. The van der Waals surface area contributed by atoms with Crippen molar-refractivity contribution >= 4 is 77.2 Å². The van der Waals surface area contributed by atoms with E-state index in [1.165, 1.54) is 71.1 Å². The minimum Gasteiger partial charge on any atom is -0.310 e. The van der Waals surface area contributed by atoms with Crippen molar-refractivity contribution in [2.75, 3.05) is 9.80 Å². The fraction of sp³-hybridized carbons (Fsp3) is 0. The van der Waals surface area contributed by atoms with E-state index in [0.29, 0.717) is 0 Å². The van der Waals surface area contributed by atoms with Gasteiger partial charge in [0.25, 0.3) is 0 Å². The van der Waals surface area contributed by atoms with Crippen LogP contribution in [0.1, 0.15) is 0 Å². The molecule has 12 aromatic rings. The molecule has 0 saturated heterocycles. The van der Waals surface area contributed by atoms with E-state index >= 15 is 0 Å². The third kappa shape index (κ3) is 7.31. The van der Waals surface area contributed by atoms with Crippen molar-refractivity contribution in [3.8, 4) is 33.4 Å². The lowest BCUT2D eigenvalue weighted by Crippen LogP contribution is -2.14.